The van der Waals surface area contributed by atoms with E-state index in [1.807, 2.05) is 12.3 Å². The summed E-state index contributed by atoms with van der Waals surface area (Å²) in [5.41, 5.74) is 2.14. The highest BCUT2D eigenvalue weighted by Crippen LogP contribution is 2.69. The molecule has 0 aliphatic heterocycles. The normalized spacial score (nSPS) is 40.2. The molecule has 1 nitrogen and oxygen atoms in total. The quantitative estimate of drug-likeness (QED) is 0.694. The van der Waals surface area contributed by atoms with Crippen LogP contribution in [0.5, 0.6) is 0 Å². The van der Waals surface area contributed by atoms with Crippen LogP contribution in [0.25, 0.3) is 0 Å². The standard InChI is InChI=1S/C15H21N/c1-11-7-8-12-10-15(11,14(12,2)3)13-6-4-5-9-16-13/h4-6,9,11-12H,7-8,10H2,1-3H3. The van der Waals surface area contributed by atoms with Gasteiger partial charge in [0, 0.05) is 17.3 Å². The van der Waals surface area contributed by atoms with Gasteiger partial charge in [0.25, 0.3) is 0 Å². The van der Waals surface area contributed by atoms with Gasteiger partial charge in [-0.05, 0) is 48.6 Å². The molecule has 1 heterocycles. The Kier molecular flexibility index (Phi) is 1.99. The highest BCUT2D eigenvalue weighted by Gasteiger charge is 2.65. The van der Waals surface area contributed by atoms with Crippen molar-refractivity contribution in [3.05, 3.63) is 30.1 Å². The van der Waals surface area contributed by atoms with Crippen molar-refractivity contribution in [3.8, 4) is 0 Å². The summed E-state index contributed by atoms with van der Waals surface area (Å²) >= 11 is 0. The lowest BCUT2D eigenvalue weighted by Crippen LogP contribution is -2.64. The summed E-state index contributed by atoms with van der Waals surface area (Å²) in [6.45, 7) is 7.32. The minimum atomic E-state index is 0.358. The topological polar surface area (TPSA) is 12.9 Å². The van der Waals surface area contributed by atoms with Crippen molar-refractivity contribution in [1.82, 2.24) is 4.98 Å². The zero-order chi connectivity index (χ0) is 11.4. The van der Waals surface area contributed by atoms with Gasteiger partial charge >= 0.3 is 0 Å². The lowest BCUT2D eigenvalue weighted by atomic mass is 9.36. The van der Waals surface area contributed by atoms with E-state index >= 15 is 0 Å². The molecule has 3 saturated carbocycles. The molecule has 0 aromatic carbocycles. The van der Waals surface area contributed by atoms with Gasteiger partial charge in [-0.1, -0.05) is 26.8 Å². The smallest absolute Gasteiger partial charge is 0.0473 e. The van der Waals surface area contributed by atoms with Gasteiger partial charge in [0.15, 0.2) is 0 Å². The van der Waals surface area contributed by atoms with E-state index in [1.54, 1.807) is 0 Å². The number of hydrogen-bond acceptors (Lipinski definition) is 1. The first-order valence-electron chi connectivity index (χ1n) is 6.50. The fourth-order valence-corrected chi connectivity index (χ4v) is 4.45. The SMILES string of the molecule is CC1CCC2CC1(c1ccccn1)C2(C)C. The van der Waals surface area contributed by atoms with Crippen molar-refractivity contribution < 1.29 is 0 Å². The molecule has 1 heteroatoms. The maximum atomic E-state index is 4.66. The van der Waals surface area contributed by atoms with E-state index in [4.69, 9.17) is 0 Å². The number of nitrogens with zero attached hydrogens (tertiary/aromatic N) is 1. The highest BCUT2D eigenvalue weighted by atomic mass is 14.8. The van der Waals surface area contributed by atoms with Crippen LogP contribution < -0.4 is 0 Å². The zero-order valence-electron chi connectivity index (χ0n) is 10.5. The van der Waals surface area contributed by atoms with E-state index in [0.29, 0.717) is 10.8 Å². The maximum absolute atomic E-state index is 4.66. The fraction of sp³-hybridized carbons (Fsp3) is 0.667. The molecule has 0 amide bonds. The molecule has 1 aromatic rings. The van der Waals surface area contributed by atoms with Gasteiger partial charge in [-0.2, -0.15) is 0 Å². The maximum Gasteiger partial charge on any atom is 0.0473 e. The van der Waals surface area contributed by atoms with Gasteiger partial charge in [0.1, 0.15) is 0 Å². The van der Waals surface area contributed by atoms with Crippen LogP contribution in [-0.4, -0.2) is 4.98 Å². The minimum absolute atomic E-state index is 0.358. The third-order valence-corrected chi connectivity index (χ3v) is 5.65. The average Bonchev–Trinajstić information content (AvgIpc) is 2.29. The highest BCUT2D eigenvalue weighted by molar-refractivity contribution is 5.31. The molecule has 16 heavy (non-hydrogen) atoms. The number of hydrogen-bond donors (Lipinski definition) is 0. The molecule has 0 saturated heterocycles. The van der Waals surface area contributed by atoms with Crippen LogP contribution in [0.15, 0.2) is 24.4 Å². The molecule has 3 atom stereocenters. The summed E-state index contributed by atoms with van der Waals surface area (Å²) < 4.78 is 0. The molecule has 3 unspecified atom stereocenters. The Balaban J connectivity index is 2.10. The second kappa shape index (κ2) is 3.09. The monoisotopic (exact) mass is 215 g/mol. The fourth-order valence-electron chi connectivity index (χ4n) is 4.45. The predicted molar refractivity (Wildman–Crippen MR) is 66.2 cm³/mol. The molecule has 86 valence electrons. The Morgan fingerprint density at radius 3 is 2.62 bits per heavy atom. The Morgan fingerprint density at radius 1 is 1.25 bits per heavy atom. The largest absolute Gasteiger partial charge is 0.261 e. The molecule has 2 bridgehead atoms. The van der Waals surface area contributed by atoms with E-state index in [2.05, 4.69) is 37.9 Å². The summed E-state index contributed by atoms with van der Waals surface area (Å²) in [6, 6.07) is 6.40. The van der Waals surface area contributed by atoms with Crippen LogP contribution in [0, 0.1) is 17.3 Å². The lowest BCUT2D eigenvalue weighted by Gasteiger charge is -2.68. The number of aromatic nitrogens is 1. The van der Waals surface area contributed by atoms with Crippen molar-refractivity contribution in [3.63, 3.8) is 0 Å². The van der Waals surface area contributed by atoms with Crippen molar-refractivity contribution in [1.29, 1.82) is 0 Å². The van der Waals surface area contributed by atoms with Gasteiger partial charge in [0.05, 0.1) is 0 Å². The minimum Gasteiger partial charge on any atom is -0.261 e. The predicted octanol–water partition coefficient (Wildman–Crippen LogP) is 3.80. The summed E-state index contributed by atoms with van der Waals surface area (Å²) in [5, 5.41) is 0. The summed E-state index contributed by atoms with van der Waals surface area (Å²) in [5.74, 6) is 1.70. The van der Waals surface area contributed by atoms with E-state index in [-0.39, 0.29) is 0 Å². The molecule has 0 spiro atoms. The molecule has 3 fully saturated rings. The van der Waals surface area contributed by atoms with Crippen molar-refractivity contribution in [2.45, 2.75) is 45.4 Å². The van der Waals surface area contributed by atoms with Gasteiger partial charge in [-0.3, -0.25) is 4.98 Å². The van der Waals surface area contributed by atoms with Gasteiger partial charge < -0.3 is 0 Å². The number of rotatable bonds is 1. The molecule has 4 rings (SSSR count). The Hall–Kier alpha value is -0.850. The van der Waals surface area contributed by atoms with Crippen molar-refractivity contribution in [2.24, 2.45) is 17.3 Å². The van der Waals surface area contributed by atoms with E-state index in [9.17, 15) is 0 Å². The second-order valence-electron chi connectivity index (χ2n) is 6.29. The van der Waals surface area contributed by atoms with Crippen molar-refractivity contribution in [2.75, 3.05) is 0 Å². The van der Waals surface area contributed by atoms with E-state index in [1.165, 1.54) is 25.0 Å². The summed E-state index contributed by atoms with van der Waals surface area (Å²) in [4.78, 5) is 4.66. The van der Waals surface area contributed by atoms with E-state index < -0.39 is 0 Å². The molecule has 0 radical (unpaired) electrons. The Morgan fingerprint density at radius 2 is 2.06 bits per heavy atom. The third-order valence-electron chi connectivity index (χ3n) is 5.65. The summed E-state index contributed by atoms with van der Waals surface area (Å²) in [6.07, 6.45) is 6.11. The van der Waals surface area contributed by atoms with Crippen LogP contribution in [0.4, 0.5) is 0 Å². The molecule has 3 aliphatic rings. The van der Waals surface area contributed by atoms with E-state index in [0.717, 1.165) is 11.8 Å². The first-order chi connectivity index (χ1) is 7.59. The van der Waals surface area contributed by atoms with Crippen molar-refractivity contribution >= 4 is 0 Å². The molecule has 0 N–H and O–H groups in total. The molecule has 3 aliphatic carbocycles. The van der Waals surface area contributed by atoms with Gasteiger partial charge in [0.2, 0.25) is 0 Å². The molecular formula is C15H21N. The summed E-state index contributed by atoms with van der Waals surface area (Å²) in [7, 11) is 0. The van der Waals surface area contributed by atoms with Crippen LogP contribution in [0.1, 0.15) is 45.7 Å². The van der Waals surface area contributed by atoms with Gasteiger partial charge in [-0.25, -0.2) is 0 Å². The van der Waals surface area contributed by atoms with Crippen LogP contribution in [0.2, 0.25) is 0 Å². The average molecular weight is 215 g/mol. The first kappa shape index (κ1) is 10.3. The third kappa shape index (κ3) is 0.996. The second-order valence-corrected chi connectivity index (χ2v) is 6.29. The Bertz CT molecular complexity index is 395. The van der Waals surface area contributed by atoms with Gasteiger partial charge in [-0.15, -0.1) is 0 Å². The zero-order valence-corrected chi connectivity index (χ0v) is 10.5. The molecular weight excluding hydrogens is 194 g/mol. The lowest BCUT2D eigenvalue weighted by molar-refractivity contribution is -0.135. The molecule has 1 aromatic heterocycles. The first-order valence-corrected chi connectivity index (χ1v) is 6.50. The van der Waals surface area contributed by atoms with Crippen LogP contribution >= 0.6 is 0 Å². The Labute approximate surface area is 98.3 Å². The van der Waals surface area contributed by atoms with Crippen LogP contribution in [0.3, 0.4) is 0 Å². The number of fused-ring (bicyclic) bond motifs is 2. The number of pyridine rings is 1. The van der Waals surface area contributed by atoms with Crippen LogP contribution in [-0.2, 0) is 5.41 Å².